The van der Waals surface area contributed by atoms with Gasteiger partial charge in [-0.15, -0.1) is 11.8 Å². The molecule has 0 aliphatic carbocycles. The second-order valence-corrected chi connectivity index (χ2v) is 5.50. The number of nitrogens with one attached hydrogen (secondary N) is 1. The molecule has 0 amide bonds. The average molecular weight is 275 g/mol. The van der Waals surface area contributed by atoms with Crippen molar-refractivity contribution in [1.29, 1.82) is 0 Å². The zero-order valence-corrected chi connectivity index (χ0v) is 12.4. The Kier molecular flexibility index (Phi) is 5.55. The van der Waals surface area contributed by atoms with Gasteiger partial charge in [-0.2, -0.15) is 0 Å². The van der Waals surface area contributed by atoms with Crippen molar-refractivity contribution < 1.29 is 4.42 Å². The Hall–Kier alpha value is -1.19. The van der Waals surface area contributed by atoms with Gasteiger partial charge in [0.15, 0.2) is 0 Å². The molecule has 0 saturated heterocycles. The lowest BCUT2D eigenvalue weighted by molar-refractivity contribution is 0.520. The quantitative estimate of drug-likeness (QED) is 0.763. The van der Waals surface area contributed by atoms with E-state index in [1.807, 2.05) is 12.3 Å². The molecule has 102 valence electrons. The van der Waals surface area contributed by atoms with Gasteiger partial charge in [0.05, 0.1) is 12.5 Å². The Morgan fingerprint density at radius 1 is 1.21 bits per heavy atom. The molecule has 0 bridgehead atoms. The smallest absolute Gasteiger partial charge is 0.0935 e. The number of hydrogen-bond acceptors (Lipinski definition) is 3. The lowest BCUT2D eigenvalue weighted by Crippen LogP contribution is -2.23. The van der Waals surface area contributed by atoms with Crippen LogP contribution in [0.5, 0.6) is 0 Å². The molecule has 2 aromatic rings. The molecule has 0 saturated carbocycles. The normalized spacial score (nSPS) is 12.5. The molecule has 3 heteroatoms. The van der Waals surface area contributed by atoms with E-state index in [4.69, 9.17) is 4.42 Å². The van der Waals surface area contributed by atoms with Gasteiger partial charge < -0.3 is 9.73 Å². The van der Waals surface area contributed by atoms with E-state index in [1.54, 1.807) is 18.0 Å². The van der Waals surface area contributed by atoms with Gasteiger partial charge in [-0.1, -0.05) is 19.1 Å². The van der Waals surface area contributed by atoms with Gasteiger partial charge in [0.1, 0.15) is 0 Å². The summed E-state index contributed by atoms with van der Waals surface area (Å²) >= 11 is 1.78. The van der Waals surface area contributed by atoms with E-state index in [-0.39, 0.29) is 0 Å². The van der Waals surface area contributed by atoms with Gasteiger partial charge in [0.2, 0.25) is 0 Å². The van der Waals surface area contributed by atoms with Crippen molar-refractivity contribution in [3.8, 4) is 0 Å². The number of furan rings is 1. The second-order valence-electron chi connectivity index (χ2n) is 4.62. The van der Waals surface area contributed by atoms with Gasteiger partial charge in [-0.05, 0) is 55.0 Å². The van der Waals surface area contributed by atoms with E-state index in [0.717, 1.165) is 19.4 Å². The monoisotopic (exact) mass is 275 g/mol. The van der Waals surface area contributed by atoms with Crippen molar-refractivity contribution in [3.63, 3.8) is 0 Å². The van der Waals surface area contributed by atoms with Gasteiger partial charge in [0.25, 0.3) is 0 Å². The third-order valence-electron chi connectivity index (χ3n) is 3.18. The highest BCUT2D eigenvalue weighted by Gasteiger charge is 2.12. The maximum Gasteiger partial charge on any atom is 0.0935 e. The van der Waals surface area contributed by atoms with E-state index in [2.05, 4.69) is 42.8 Å². The number of hydrogen-bond donors (Lipinski definition) is 1. The summed E-state index contributed by atoms with van der Waals surface area (Å²) in [5.74, 6) is 0. The first-order valence-electron chi connectivity index (χ1n) is 6.72. The summed E-state index contributed by atoms with van der Waals surface area (Å²) in [6, 6.07) is 11.2. The molecule has 2 rings (SSSR count). The standard InChI is InChI=1S/C16H21NOS/c1-3-9-17-16(11-13-8-10-18-12-13)14-4-6-15(19-2)7-5-14/h4-8,10,12,16-17H,3,9,11H2,1-2H3. The molecule has 1 atom stereocenters. The molecule has 19 heavy (non-hydrogen) atoms. The van der Waals surface area contributed by atoms with Gasteiger partial charge in [-0.3, -0.25) is 0 Å². The fourth-order valence-corrected chi connectivity index (χ4v) is 2.52. The van der Waals surface area contributed by atoms with E-state index < -0.39 is 0 Å². The zero-order valence-electron chi connectivity index (χ0n) is 11.6. The van der Waals surface area contributed by atoms with E-state index in [9.17, 15) is 0 Å². The average Bonchev–Trinajstić information content (AvgIpc) is 2.96. The Morgan fingerprint density at radius 2 is 2.00 bits per heavy atom. The maximum absolute atomic E-state index is 5.16. The van der Waals surface area contributed by atoms with E-state index >= 15 is 0 Å². The summed E-state index contributed by atoms with van der Waals surface area (Å²) in [7, 11) is 0. The summed E-state index contributed by atoms with van der Waals surface area (Å²) in [5, 5.41) is 3.61. The first-order chi connectivity index (χ1) is 9.33. The zero-order chi connectivity index (χ0) is 13.5. The van der Waals surface area contributed by atoms with Crippen molar-refractivity contribution in [3.05, 3.63) is 54.0 Å². The third kappa shape index (κ3) is 4.15. The molecule has 0 fully saturated rings. The Bertz CT molecular complexity index is 464. The fraction of sp³-hybridized carbons (Fsp3) is 0.375. The number of thioether (sulfide) groups is 1. The van der Waals surface area contributed by atoms with Crippen LogP contribution in [0.15, 0.2) is 52.2 Å². The molecule has 1 aromatic heterocycles. The summed E-state index contributed by atoms with van der Waals surface area (Å²) in [5.41, 5.74) is 2.58. The molecule has 1 N–H and O–H groups in total. The lowest BCUT2D eigenvalue weighted by atomic mass is 10.0. The van der Waals surface area contributed by atoms with Crippen LogP contribution >= 0.6 is 11.8 Å². The van der Waals surface area contributed by atoms with Crippen LogP contribution in [0.2, 0.25) is 0 Å². The maximum atomic E-state index is 5.16. The molecule has 1 heterocycles. The molecule has 1 unspecified atom stereocenters. The summed E-state index contributed by atoms with van der Waals surface area (Å²) < 4.78 is 5.16. The Morgan fingerprint density at radius 3 is 2.58 bits per heavy atom. The molecular weight excluding hydrogens is 254 g/mol. The van der Waals surface area contributed by atoms with Gasteiger partial charge >= 0.3 is 0 Å². The summed E-state index contributed by atoms with van der Waals surface area (Å²) in [6.45, 7) is 3.23. The first-order valence-corrected chi connectivity index (χ1v) is 7.94. The van der Waals surface area contributed by atoms with Crippen LogP contribution in [0.1, 0.15) is 30.5 Å². The van der Waals surface area contributed by atoms with Crippen LogP contribution in [0, 0.1) is 0 Å². The first kappa shape index (κ1) is 14.2. The summed E-state index contributed by atoms with van der Waals surface area (Å²) in [4.78, 5) is 1.31. The number of benzene rings is 1. The fourth-order valence-electron chi connectivity index (χ4n) is 2.11. The third-order valence-corrected chi connectivity index (χ3v) is 3.92. The van der Waals surface area contributed by atoms with Crippen LogP contribution in [0.25, 0.3) is 0 Å². The van der Waals surface area contributed by atoms with E-state index in [0.29, 0.717) is 6.04 Å². The van der Waals surface area contributed by atoms with Gasteiger partial charge in [-0.25, -0.2) is 0 Å². The van der Waals surface area contributed by atoms with Crippen LogP contribution in [0.3, 0.4) is 0 Å². The highest BCUT2D eigenvalue weighted by molar-refractivity contribution is 7.98. The predicted octanol–water partition coefficient (Wildman–Crippen LogP) is 4.28. The molecule has 1 aromatic carbocycles. The minimum Gasteiger partial charge on any atom is -0.472 e. The van der Waals surface area contributed by atoms with Crippen LogP contribution < -0.4 is 5.32 Å². The summed E-state index contributed by atoms with van der Waals surface area (Å²) in [6.07, 6.45) is 7.78. The van der Waals surface area contributed by atoms with Crippen molar-refractivity contribution in [2.24, 2.45) is 0 Å². The SMILES string of the molecule is CCCNC(Cc1ccoc1)c1ccc(SC)cc1. The van der Waals surface area contributed by atoms with Crippen LogP contribution in [-0.2, 0) is 6.42 Å². The molecule has 0 aliphatic heterocycles. The van der Waals surface area contributed by atoms with E-state index in [1.165, 1.54) is 16.0 Å². The van der Waals surface area contributed by atoms with Crippen molar-refractivity contribution in [2.75, 3.05) is 12.8 Å². The second kappa shape index (κ2) is 7.41. The van der Waals surface area contributed by atoms with Gasteiger partial charge in [0, 0.05) is 10.9 Å². The predicted molar refractivity (Wildman–Crippen MR) is 81.7 cm³/mol. The highest BCUT2D eigenvalue weighted by atomic mass is 32.2. The lowest BCUT2D eigenvalue weighted by Gasteiger charge is -2.18. The topological polar surface area (TPSA) is 25.2 Å². The number of rotatable bonds is 7. The van der Waals surface area contributed by atoms with Crippen molar-refractivity contribution >= 4 is 11.8 Å². The molecule has 0 spiro atoms. The van der Waals surface area contributed by atoms with Crippen molar-refractivity contribution in [1.82, 2.24) is 5.32 Å². The molecule has 0 radical (unpaired) electrons. The van der Waals surface area contributed by atoms with Crippen LogP contribution in [-0.4, -0.2) is 12.8 Å². The largest absolute Gasteiger partial charge is 0.472 e. The highest BCUT2D eigenvalue weighted by Crippen LogP contribution is 2.22. The molecular formula is C16H21NOS. The Labute approximate surface area is 119 Å². The van der Waals surface area contributed by atoms with Crippen molar-refractivity contribution in [2.45, 2.75) is 30.7 Å². The molecule has 0 aliphatic rings. The van der Waals surface area contributed by atoms with Crippen LogP contribution in [0.4, 0.5) is 0 Å². The Balaban J connectivity index is 2.10. The minimum atomic E-state index is 0.355. The molecule has 2 nitrogen and oxygen atoms in total. The minimum absolute atomic E-state index is 0.355.